The number of carbonyl (C=O) groups is 1. The molecule has 6 nitrogen and oxygen atoms in total. The molecule has 0 amide bonds. The maximum Gasteiger partial charge on any atom is 0.356 e. The lowest BCUT2D eigenvalue weighted by atomic mass is 10.3. The Labute approximate surface area is 134 Å². The van der Waals surface area contributed by atoms with E-state index in [0.29, 0.717) is 5.76 Å². The molecule has 0 bridgehead atoms. The Morgan fingerprint density at radius 2 is 2.10 bits per heavy atom. The van der Waals surface area contributed by atoms with Gasteiger partial charge in [-0.15, -0.1) is 0 Å². The first-order valence-corrected chi connectivity index (χ1v) is 6.67. The Bertz CT molecular complexity index is 728. The molecular weight excluding hydrogens is 341 g/mol. The van der Waals surface area contributed by atoms with Gasteiger partial charge in [-0.3, -0.25) is 5.43 Å². The number of pyridine rings is 1. The zero-order chi connectivity index (χ0) is 15.6. The molecule has 2 heterocycles. The van der Waals surface area contributed by atoms with Crippen LogP contribution in [-0.4, -0.2) is 22.3 Å². The van der Waals surface area contributed by atoms with Crippen molar-refractivity contribution >= 4 is 52.7 Å². The fourth-order valence-corrected chi connectivity index (χ4v) is 2.10. The molecule has 0 unspecified atom stereocenters. The van der Waals surface area contributed by atoms with Gasteiger partial charge in [0.2, 0.25) is 0 Å². The molecule has 2 N–H and O–H groups in total. The van der Waals surface area contributed by atoms with Crippen LogP contribution in [0.5, 0.6) is 0 Å². The van der Waals surface area contributed by atoms with Crippen molar-refractivity contribution in [3.05, 3.63) is 44.5 Å². The van der Waals surface area contributed by atoms with Crippen molar-refractivity contribution in [3.8, 4) is 0 Å². The monoisotopic (exact) mass is 347 g/mol. The molecule has 0 spiro atoms. The molecule has 0 aliphatic carbocycles. The molecular formula is C12H8Cl3N3O3. The van der Waals surface area contributed by atoms with Crippen molar-refractivity contribution in [2.75, 3.05) is 5.43 Å². The molecule has 110 valence electrons. The zero-order valence-corrected chi connectivity index (χ0v) is 12.8. The lowest BCUT2D eigenvalue weighted by Gasteiger charge is -2.09. The van der Waals surface area contributed by atoms with Gasteiger partial charge in [-0.25, -0.2) is 9.78 Å². The number of hydrazone groups is 1. The van der Waals surface area contributed by atoms with E-state index in [-0.39, 0.29) is 20.9 Å². The summed E-state index contributed by atoms with van der Waals surface area (Å²) in [5.74, 6) is -0.0919. The summed E-state index contributed by atoms with van der Waals surface area (Å²) in [5, 5.41) is 12.4. The first-order chi connectivity index (χ1) is 9.90. The number of carboxylic acids is 1. The largest absolute Gasteiger partial charge is 0.476 e. The van der Waals surface area contributed by atoms with Crippen LogP contribution in [0.3, 0.4) is 0 Å². The summed E-state index contributed by atoms with van der Waals surface area (Å²) in [6.07, 6.45) is 1.38. The summed E-state index contributed by atoms with van der Waals surface area (Å²) in [6, 6.07) is 3.49. The molecule has 0 saturated carbocycles. The van der Waals surface area contributed by atoms with Gasteiger partial charge in [0.15, 0.2) is 10.8 Å². The minimum atomic E-state index is -1.33. The maximum atomic E-state index is 11.0. The average Bonchev–Trinajstić information content (AvgIpc) is 2.83. The Hall–Kier alpha value is -1.76. The number of anilines is 1. The van der Waals surface area contributed by atoms with Gasteiger partial charge in [0.05, 0.1) is 11.9 Å². The topological polar surface area (TPSA) is 87.7 Å². The van der Waals surface area contributed by atoms with Gasteiger partial charge in [-0.2, -0.15) is 5.10 Å². The molecule has 0 aliphatic heterocycles. The average molecular weight is 349 g/mol. The second-order valence-electron chi connectivity index (χ2n) is 3.88. The van der Waals surface area contributed by atoms with Crippen LogP contribution in [0.15, 0.2) is 21.7 Å². The number of aromatic carboxylic acids is 1. The fraction of sp³-hybridized carbons (Fsp3) is 0.0833. The second kappa shape index (κ2) is 6.34. The summed E-state index contributed by atoms with van der Waals surface area (Å²) in [5.41, 5.74) is 2.17. The molecule has 0 aliphatic rings. The number of halogens is 3. The number of rotatable bonds is 4. The number of aryl methyl sites for hydroxylation is 1. The summed E-state index contributed by atoms with van der Waals surface area (Å²) < 4.78 is 5.28. The molecule has 0 aromatic carbocycles. The van der Waals surface area contributed by atoms with Gasteiger partial charge >= 0.3 is 5.97 Å². The number of nitrogens with zero attached hydrogens (tertiary/aromatic N) is 2. The molecule has 0 radical (unpaired) electrons. The van der Waals surface area contributed by atoms with Gasteiger partial charge in [0.1, 0.15) is 21.6 Å². The molecule has 2 aromatic heterocycles. The summed E-state index contributed by atoms with van der Waals surface area (Å²) in [6.45, 7) is 1.79. The van der Waals surface area contributed by atoms with Crippen LogP contribution in [-0.2, 0) is 0 Å². The highest BCUT2D eigenvalue weighted by molar-refractivity contribution is 6.46. The van der Waals surface area contributed by atoms with Crippen molar-refractivity contribution in [1.82, 2.24) is 4.98 Å². The van der Waals surface area contributed by atoms with Crippen molar-refractivity contribution in [2.24, 2.45) is 5.10 Å². The third-order valence-electron chi connectivity index (χ3n) is 2.37. The van der Waals surface area contributed by atoms with Crippen LogP contribution in [0.1, 0.15) is 22.0 Å². The van der Waals surface area contributed by atoms with E-state index in [4.69, 9.17) is 44.3 Å². The van der Waals surface area contributed by atoms with E-state index in [1.54, 1.807) is 19.1 Å². The normalized spacial score (nSPS) is 11.0. The summed E-state index contributed by atoms with van der Waals surface area (Å²) >= 11 is 17.6. The van der Waals surface area contributed by atoms with E-state index in [0.717, 1.165) is 5.76 Å². The molecule has 2 rings (SSSR count). The highest BCUT2D eigenvalue weighted by Crippen LogP contribution is 2.36. The molecule has 0 fully saturated rings. The smallest absolute Gasteiger partial charge is 0.356 e. The predicted molar refractivity (Wildman–Crippen MR) is 80.9 cm³/mol. The third-order valence-corrected chi connectivity index (χ3v) is 3.48. The van der Waals surface area contributed by atoms with Crippen LogP contribution in [0.25, 0.3) is 0 Å². The first kappa shape index (κ1) is 15.6. The van der Waals surface area contributed by atoms with E-state index >= 15 is 0 Å². The summed E-state index contributed by atoms with van der Waals surface area (Å²) in [7, 11) is 0. The number of furan rings is 1. The van der Waals surface area contributed by atoms with Crippen LogP contribution in [0, 0.1) is 6.92 Å². The minimum absolute atomic E-state index is 0.0283. The highest BCUT2D eigenvalue weighted by atomic mass is 35.5. The molecule has 2 aromatic rings. The van der Waals surface area contributed by atoms with Crippen LogP contribution >= 0.6 is 34.8 Å². The minimum Gasteiger partial charge on any atom is -0.476 e. The van der Waals surface area contributed by atoms with Crippen molar-refractivity contribution in [1.29, 1.82) is 0 Å². The SMILES string of the molecule is Cc1ccc(/C=N\Nc2c(Cl)c(Cl)nc(C(=O)O)c2Cl)o1. The van der Waals surface area contributed by atoms with Crippen LogP contribution < -0.4 is 5.43 Å². The van der Waals surface area contributed by atoms with Crippen molar-refractivity contribution in [3.63, 3.8) is 0 Å². The van der Waals surface area contributed by atoms with Gasteiger partial charge < -0.3 is 9.52 Å². The number of hydrogen-bond donors (Lipinski definition) is 2. The third kappa shape index (κ3) is 3.47. The van der Waals surface area contributed by atoms with Crippen molar-refractivity contribution in [2.45, 2.75) is 6.92 Å². The molecule has 21 heavy (non-hydrogen) atoms. The van der Waals surface area contributed by atoms with Crippen molar-refractivity contribution < 1.29 is 14.3 Å². The van der Waals surface area contributed by atoms with E-state index in [1.165, 1.54) is 6.21 Å². The van der Waals surface area contributed by atoms with Gasteiger partial charge in [-0.05, 0) is 19.1 Å². The van der Waals surface area contributed by atoms with E-state index in [2.05, 4.69) is 15.5 Å². The van der Waals surface area contributed by atoms with E-state index in [1.807, 2.05) is 0 Å². The zero-order valence-electron chi connectivity index (χ0n) is 10.5. The quantitative estimate of drug-likeness (QED) is 0.493. The molecule has 0 saturated heterocycles. The van der Waals surface area contributed by atoms with Crippen LogP contribution in [0.4, 0.5) is 5.69 Å². The van der Waals surface area contributed by atoms with Gasteiger partial charge in [0, 0.05) is 0 Å². The first-order valence-electron chi connectivity index (χ1n) is 5.53. The Balaban J connectivity index is 2.31. The van der Waals surface area contributed by atoms with E-state index in [9.17, 15) is 4.79 Å². The predicted octanol–water partition coefficient (Wildman–Crippen LogP) is 4.09. The van der Waals surface area contributed by atoms with Gasteiger partial charge in [0.25, 0.3) is 0 Å². The maximum absolute atomic E-state index is 11.0. The Kier molecular flexibility index (Phi) is 4.72. The number of aromatic nitrogens is 1. The Morgan fingerprint density at radius 1 is 1.38 bits per heavy atom. The second-order valence-corrected chi connectivity index (χ2v) is 4.99. The van der Waals surface area contributed by atoms with Gasteiger partial charge in [-0.1, -0.05) is 34.8 Å². The lowest BCUT2D eigenvalue weighted by Crippen LogP contribution is -2.05. The highest BCUT2D eigenvalue weighted by Gasteiger charge is 2.20. The number of nitrogens with one attached hydrogen (secondary N) is 1. The summed E-state index contributed by atoms with van der Waals surface area (Å²) in [4.78, 5) is 14.6. The number of carboxylic acid groups (broad SMARTS) is 1. The standard InChI is InChI=1S/C12H8Cl3N3O3/c1-5-2-3-6(21-5)4-16-18-9-7(13)10(12(19)20)17-11(15)8(9)14/h2-4H,1H3,(H,17,18)(H,19,20)/b16-4-. The fourth-order valence-electron chi connectivity index (χ4n) is 1.44. The Morgan fingerprint density at radius 3 is 2.67 bits per heavy atom. The molecule has 0 atom stereocenters. The van der Waals surface area contributed by atoms with Crippen LogP contribution in [0.2, 0.25) is 15.2 Å². The molecule has 9 heteroatoms. The number of hydrogen-bond acceptors (Lipinski definition) is 5. The van der Waals surface area contributed by atoms with E-state index < -0.39 is 11.7 Å². The lowest BCUT2D eigenvalue weighted by molar-refractivity contribution is 0.0691.